The second-order valence-corrected chi connectivity index (χ2v) is 5.35. The summed E-state index contributed by atoms with van der Waals surface area (Å²) >= 11 is 0. The first-order valence-corrected chi connectivity index (χ1v) is 7.77. The Morgan fingerprint density at radius 3 is 2.26 bits per heavy atom. The van der Waals surface area contributed by atoms with E-state index in [1.54, 1.807) is 23.1 Å². The van der Waals surface area contributed by atoms with Gasteiger partial charge in [-0.1, -0.05) is 0 Å². The SMILES string of the molecule is CCN(CC)C(=O)CNC(=O)c1ccc2nc(C)c(C)nc2c1. The Kier molecular flexibility index (Phi) is 5.26. The van der Waals surface area contributed by atoms with Gasteiger partial charge in [0.1, 0.15) is 0 Å². The van der Waals surface area contributed by atoms with Crippen LogP contribution in [0, 0.1) is 13.8 Å². The van der Waals surface area contributed by atoms with Crippen molar-refractivity contribution in [2.24, 2.45) is 0 Å². The molecule has 0 atom stereocenters. The maximum Gasteiger partial charge on any atom is 0.251 e. The summed E-state index contributed by atoms with van der Waals surface area (Å²) < 4.78 is 0. The number of rotatable bonds is 5. The predicted octanol–water partition coefficient (Wildman–Crippen LogP) is 1.84. The number of benzene rings is 1. The summed E-state index contributed by atoms with van der Waals surface area (Å²) in [6.45, 7) is 8.88. The van der Waals surface area contributed by atoms with Gasteiger partial charge in [-0.15, -0.1) is 0 Å². The Labute approximate surface area is 135 Å². The molecule has 1 aromatic carbocycles. The number of aryl methyl sites for hydroxylation is 2. The Morgan fingerprint density at radius 2 is 1.65 bits per heavy atom. The van der Waals surface area contributed by atoms with Gasteiger partial charge >= 0.3 is 0 Å². The van der Waals surface area contributed by atoms with E-state index < -0.39 is 0 Å². The lowest BCUT2D eigenvalue weighted by Crippen LogP contribution is -2.40. The van der Waals surface area contributed by atoms with E-state index in [1.807, 2.05) is 27.7 Å². The third-order valence-corrected chi connectivity index (χ3v) is 3.85. The number of fused-ring (bicyclic) bond motifs is 1. The molecule has 23 heavy (non-hydrogen) atoms. The van der Waals surface area contributed by atoms with Gasteiger partial charge in [0.25, 0.3) is 5.91 Å². The van der Waals surface area contributed by atoms with Crippen LogP contribution in [0.2, 0.25) is 0 Å². The quantitative estimate of drug-likeness (QED) is 0.914. The third kappa shape index (κ3) is 3.83. The Balaban J connectivity index is 2.12. The highest BCUT2D eigenvalue weighted by Gasteiger charge is 2.13. The number of nitrogens with zero attached hydrogens (tertiary/aromatic N) is 3. The molecule has 2 amide bonds. The van der Waals surface area contributed by atoms with Crippen LogP contribution in [-0.4, -0.2) is 46.3 Å². The van der Waals surface area contributed by atoms with Gasteiger partial charge in [-0.25, -0.2) is 9.97 Å². The smallest absolute Gasteiger partial charge is 0.251 e. The van der Waals surface area contributed by atoms with Crippen molar-refractivity contribution in [1.29, 1.82) is 0 Å². The zero-order valence-corrected chi connectivity index (χ0v) is 14.0. The van der Waals surface area contributed by atoms with Crippen molar-refractivity contribution in [3.8, 4) is 0 Å². The van der Waals surface area contributed by atoms with E-state index in [4.69, 9.17) is 0 Å². The maximum absolute atomic E-state index is 12.2. The van der Waals surface area contributed by atoms with Gasteiger partial charge in [0.2, 0.25) is 5.91 Å². The monoisotopic (exact) mass is 314 g/mol. The molecule has 0 aliphatic heterocycles. The third-order valence-electron chi connectivity index (χ3n) is 3.85. The molecule has 2 rings (SSSR count). The van der Waals surface area contributed by atoms with Gasteiger partial charge in [0.15, 0.2) is 0 Å². The Bertz CT molecular complexity index is 739. The summed E-state index contributed by atoms with van der Waals surface area (Å²) in [5, 5.41) is 2.66. The van der Waals surface area contributed by atoms with Crippen LogP contribution in [0.1, 0.15) is 35.6 Å². The molecule has 122 valence electrons. The number of aromatic nitrogens is 2. The lowest BCUT2D eigenvalue weighted by molar-refractivity contribution is -0.129. The Morgan fingerprint density at radius 1 is 1.04 bits per heavy atom. The van der Waals surface area contributed by atoms with E-state index in [1.165, 1.54) is 0 Å². The summed E-state index contributed by atoms with van der Waals surface area (Å²) in [6.07, 6.45) is 0. The fourth-order valence-electron chi connectivity index (χ4n) is 2.32. The molecule has 1 N–H and O–H groups in total. The van der Waals surface area contributed by atoms with Gasteiger partial charge in [0, 0.05) is 18.7 Å². The summed E-state index contributed by atoms with van der Waals surface area (Å²) in [7, 11) is 0. The molecule has 0 radical (unpaired) electrons. The van der Waals surface area contributed by atoms with Crippen LogP contribution in [0.3, 0.4) is 0 Å². The number of hydrogen-bond acceptors (Lipinski definition) is 4. The van der Waals surface area contributed by atoms with Gasteiger partial charge in [-0.2, -0.15) is 0 Å². The van der Waals surface area contributed by atoms with Crippen LogP contribution in [0.4, 0.5) is 0 Å². The molecular formula is C17H22N4O2. The lowest BCUT2D eigenvalue weighted by atomic mass is 10.1. The van der Waals surface area contributed by atoms with Crippen molar-refractivity contribution >= 4 is 22.8 Å². The highest BCUT2D eigenvalue weighted by Crippen LogP contribution is 2.14. The number of likely N-dealkylation sites (N-methyl/N-ethyl adjacent to an activating group) is 1. The zero-order chi connectivity index (χ0) is 17.0. The second-order valence-electron chi connectivity index (χ2n) is 5.35. The first-order valence-electron chi connectivity index (χ1n) is 7.77. The van der Waals surface area contributed by atoms with Gasteiger partial charge in [-0.3, -0.25) is 9.59 Å². The second kappa shape index (κ2) is 7.17. The molecule has 0 aliphatic rings. The molecule has 1 aromatic heterocycles. The molecule has 6 heteroatoms. The van der Waals surface area contributed by atoms with Crippen molar-refractivity contribution in [1.82, 2.24) is 20.2 Å². The van der Waals surface area contributed by atoms with Crippen molar-refractivity contribution in [2.75, 3.05) is 19.6 Å². The predicted molar refractivity (Wildman–Crippen MR) is 89.3 cm³/mol. The van der Waals surface area contributed by atoms with Crippen LogP contribution in [0.5, 0.6) is 0 Å². The van der Waals surface area contributed by atoms with Crippen LogP contribution in [0.25, 0.3) is 11.0 Å². The average Bonchev–Trinajstić information content (AvgIpc) is 2.54. The lowest BCUT2D eigenvalue weighted by Gasteiger charge is -2.18. The number of carbonyl (C=O) groups is 2. The first kappa shape index (κ1) is 16.9. The molecular weight excluding hydrogens is 292 g/mol. The number of hydrogen-bond donors (Lipinski definition) is 1. The minimum atomic E-state index is -0.285. The van der Waals surface area contributed by atoms with E-state index in [0.29, 0.717) is 24.2 Å². The average molecular weight is 314 g/mol. The minimum Gasteiger partial charge on any atom is -0.343 e. The standard InChI is InChI=1S/C17H22N4O2/c1-5-21(6-2)16(22)10-18-17(23)13-7-8-14-15(9-13)20-12(4)11(3)19-14/h7-9H,5-6,10H2,1-4H3,(H,18,23). The van der Waals surface area contributed by atoms with Crippen molar-refractivity contribution < 1.29 is 9.59 Å². The van der Waals surface area contributed by atoms with E-state index in [-0.39, 0.29) is 18.4 Å². The largest absolute Gasteiger partial charge is 0.343 e. The Hall–Kier alpha value is -2.50. The molecule has 0 saturated carbocycles. The maximum atomic E-state index is 12.2. The number of amides is 2. The minimum absolute atomic E-state index is 0.00282. The van der Waals surface area contributed by atoms with Crippen molar-refractivity contribution in [3.05, 3.63) is 35.2 Å². The van der Waals surface area contributed by atoms with E-state index in [0.717, 1.165) is 16.9 Å². The fraction of sp³-hybridized carbons (Fsp3) is 0.412. The molecule has 0 fully saturated rings. The summed E-state index contributed by atoms with van der Waals surface area (Å²) in [6, 6.07) is 5.17. The van der Waals surface area contributed by atoms with Crippen LogP contribution < -0.4 is 5.32 Å². The fourth-order valence-corrected chi connectivity index (χ4v) is 2.32. The van der Waals surface area contributed by atoms with E-state index >= 15 is 0 Å². The number of carbonyl (C=O) groups excluding carboxylic acids is 2. The van der Waals surface area contributed by atoms with Crippen molar-refractivity contribution in [2.45, 2.75) is 27.7 Å². The zero-order valence-electron chi connectivity index (χ0n) is 14.0. The van der Waals surface area contributed by atoms with Gasteiger partial charge in [-0.05, 0) is 45.9 Å². The molecule has 0 aliphatic carbocycles. The van der Waals surface area contributed by atoms with Crippen LogP contribution in [0.15, 0.2) is 18.2 Å². The van der Waals surface area contributed by atoms with Gasteiger partial charge in [0.05, 0.1) is 29.0 Å². The molecule has 0 spiro atoms. The highest BCUT2D eigenvalue weighted by molar-refractivity contribution is 5.98. The van der Waals surface area contributed by atoms with Crippen molar-refractivity contribution in [3.63, 3.8) is 0 Å². The van der Waals surface area contributed by atoms with Crippen LogP contribution >= 0.6 is 0 Å². The molecule has 2 aromatic rings. The summed E-state index contributed by atoms with van der Waals surface area (Å²) in [5.74, 6) is -0.372. The topological polar surface area (TPSA) is 75.2 Å². The first-order chi connectivity index (χ1) is 11.0. The highest BCUT2D eigenvalue weighted by atomic mass is 16.2. The molecule has 0 saturated heterocycles. The molecule has 1 heterocycles. The molecule has 0 bridgehead atoms. The normalized spacial score (nSPS) is 10.6. The van der Waals surface area contributed by atoms with E-state index in [9.17, 15) is 9.59 Å². The van der Waals surface area contributed by atoms with Crippen LogP contribution in [-0.2, 0) is 4.79 Å². The molecule has 0 unspecified atom stereocenters. The summed E-state index contributed by atoms with van der Waals surface area (Å²) in [5.41, 5.74) is 3.62. The summed E-state index contributed by atoms with van der Waals surface area (Å²) in [4.78, 5) is 34.7. The van der Waals surface area contributed by atoms with Gasteiger partial charge < -0.3 is 10.2 Å². The molecule has 6 nitrogen and oxygen atoms in total. The number of nitrogens with one attached hydrogen (secondary N) is 1. The van der Waals surface area contributed by atoms with E-state index in [2.05, 4.69) is 15.3 Å².